The van der Waals surface area contributed by atoms with Gasteiger partial charge in [-0.2, -0.15) is 11.3 Å². The molecule has 116 valence electrons. The second kappa shape index (κ2) is 6.59. The molecule has 0 saturated carbocycles. The van der Waals surface area contributed by atoms with E-state index in [4.69, 9.17) is 4.98 Å². The highest BCUT2D eigenvalue weighted by Crippen LogP contribution is 2.32. The van der Waals surface area contributed by atoms with E-state index in [1.54, 1.807) is 11.3 Å². The Morgan fingerprint density at radius 1 is 1.29 bits per heavy atom. The summed E-state index contributed by atoms with van der Waals surface area (Å²) in [5.41, 5.74) is 2.73. The molecule has 0 saturated heterocycles. The van der Waals surface area contributed by atoms with Gasteiger partial charge in [0.05, 0.1) is 10.7 Å². The minimum atomic E-state index is 0.135. The fourth-order valence-electron chi connectivity index (χ4n) is 2.45. The molecule has 2 atom stereocenters. The normalized spacial score (nSPS) is 15.1. The minimum Gasteiger partial charge on any atom is -0.307 e. The first kappa shape index (κ1) is 16.7. The van der Waals surface area contributed by atoms with Crippen LogP contribution in [0.1, 0.15) is 61.8 Å². The summed E-state index contributed by atoms with van der Waals surface area (Å²) in [5, 5.41) is 9.33. The number of thiophene rings is 1. The number of nitrogens with zero attached hydrogens (tertiary/aromatic N) is 1. The lowest BCUT2D eigenvalue weighted by atomic mass is 9.98. The van der Waals surface area contributed by atoms with Crippen molar-refractivity contribution in [1.29, 1.82) is 0 Å². The van der Waals surface area contributed by atoms with Crippen LogP contribution in [0.15, 0.2) is 16.8 Å². The van der Waals surface area contributed by atoms with E-state index in [9.17, 15) is 0 Å². The summed E-state index contributed by atoms with van der Waals surface area (Å²) < 4.78 is 0. The molecule has 0 aliphatic carbocycles. The van der Waals surface area contributed by atoms with Crippen molar-refractivity contribution < 1.29 is 0 Å². The number of nitrogens with one attached hydrogen (secondary N) is 1. The largest absolute Gasteiger partial charge is 0.307 e. The Bertz CT molecular complexity index is 564. The second-order valence-corrected chi connectivity index (χ2v) is 8.65. The molecule has 0 radical (unpaired) electrons. The van der Waals surface area contributed by atoms with Crippen LogP contribution in [-0.4, -0.2) is 11.0 Å². The Hall–Kier alpha value is -0.710. The summed E-state index contributed by atoms with van der Waals surface area (Å²) in [7, 11) is 0. The lowest BCUT2D eigenvalue weighted by Gasteiger charge is -2.19. The Labute approximate surface area is 136 Å². The van der Waals surface area contributed by atoms with Crippen molar-refractivity contribution in [3.63, 3.8) is 0 Å². The van der Waals surface area contributed by atoms with Gasteiger partial charge in [-0.3, -0.25) is 0 Å². The second-order valence-electron chi connectivity index (χ2n) is 6.84. The van der Waals surface area contributed by atoms with Gasteiger partial charge in [-0.25, -0.2) is 4.98 Å². The van der Waals surface area contributed by atoms with Crippen molar-refractivity contribution in [3.8, 4) is 0 Å². The van der Waals surface area contributed by atoms with Gasteiger partial charge in [-0.15, -0.1) is 11.3 Å². The van der Waals surface area contributed by atoms with Crippen LogP contribution in [0.5, 0.6) is 0 Å². The van der Waals surface area contributed by atoms with E-state index in [-0.39, 0.29) is 5.41 Å². The molecule has 0 aliphatic rings. The van der Waals surface area contributed by atoms with Crippen molar-refractivity contribution in [3.05, 3.63) is 38.0 Å². The predicted molar refractivity (Wildman–Crippen MR) is 94.6 cm³/mol. The highest BCUT2D eigenvalue weighted by Gasteiger charge is 2.22. The Morgan fingerprint density at radius 3 is 2.52 bits per heavy atom. The lowest BCUT2D eigenvalue weighted by Crippen LogP contribution is -2.30. The number of hydrogen-bond acceptors (Lipinski definition) is 4. The van der Waals surface area contributed by atoms with Crippen LogP contribution in [0.3, 0.4) is 0 Å². The highest BCUT2D eigenvalue weighted by molar-refractivity contribution is 7.12. The Kier molecular flexibility index (Phi) is 5.23. The minimum absolute atomic E-state index is 0.135. The van der Waals surface area contributed by atoms with Gasteiger partial charge in [-0.1, -0.05) is 20.8 Å². The molecule has 2 rings (SSSR count). The maximum absolute atomic E-state index is 4.77. The zero-order valence-corrected chi connectivity index (χ0v) is 15.5. The van der Waals surface area contributed by atoms with Gasteiger partial charge in [0.15, 0.2) is 0 Å². The third kappa shape index (κ3) is 4.38. The Balaban J connectivity index is 2.03. The zero-order valence-electron chi connectivity index (χ0n) is 13.9. The van der Waals surface area contributed by atoms with E-state index in [0.29, 0.717) is 12.1 Å². The third-order valence-electron chi connectivity index (χ3n) is 3.52. The maximum Gasteiger partial charge on any atom is 0.0985 e. The molecule has 21 heavy (non-hydrogen) atoms. The number of aryl methyl sites for hydroxylation is 1. The van der Waals surface area contributed by atoms with E-state index in [1.165, 1.54) is 21.1 Å². The summed E-state index contributed by atoms with van der Waals surface area (Å²) >= 11 is 3.62. The monoisotopic (exact) mass is 322 g/mol. The first-order chi connectivity index (χ1) is 9.77. The van der Waals surface area contributed by atoms with Crippen LogP contribution < -0.4 is 5.32 Å². The average Bonchev–Trinajstić information content (AvgIpc) is 2.97. The summed E-state index contributed by atoms with van der Waals surface area (Å²) in [6.07, 6.45) is 1.08. The Morgan fingerprint density at radius 2 is 2.00 bits per heavy atom. The average molecular weight is 323 g/mol. The quantitative estimate of drug-likeness (QED) is 0.829. The zero-order chi connectivity index (χ0) is 15.6. The molecular weight excluding hydrogens is 296 g/mol. The van der Waals surface area contributed by atoms with Gasteiger partial charge in [0, 0.05) is 22.4 Å². The van der Waals surface area contributed by atoms with E-state index < -0.39 is 0 Å². The summed E-state index contributed by atoms with van der Waals surface area (Å²) in [5.74, 6) is 0. The molecule has 2 nitrogen and oxygen atoms in total. The van der Waals surface area contributed by atoms with E-state index >= 15 is 0 Å². The van der Waals surface area contributed by atoms with Crippen molar-refractivity contribution in [2.45, 2.75) is 65.5 Å². The molecule has 2 aromatic rings. The molecule has 0 amide bonds. The molecule has 0 aromatic carbocycles. The standard InChI is InChI=1S/C17H26N2S2/c1-11(9-14-7-8-20-10-14)18-12(2)15-13(3)19-16(21-15)17(4,5)6/h7-8,10-12,18H,9H2,1-6H3. The highest BCUT2D eigenvalue weighted by atomic mass is 32.1. The van der Waals surface area contributed by atoms with Crippen LogP contribution in [0.2, 0.25) is 0 Å². The van der Waals surface area contributed by atoms with E-state index in [2.05, 4.69) is 63.7 Å². The molecule has 2 heterocycles. The third-order valence-corrected chi connectivity index (χ3v) is 6.02. The van der Waals surface area contributed by atoms with Crippen LogP contribution in [-0.2, 0) is 11.8 Å². The van der Waals surface area contributed by atoms with Gasteiger partial charge in [0.25, 0.3) is 0 Å². The van der Waals surface area contributed by atoms with Crippen molar-refractivity contribution in [1.82, 2.24) is 10.3 Å². The SMILES string of the molecule is Cc1nc(C(C)(C)C)sc1C(C)NC(C)Cc1ccsc1. The summed E-state index contributed by atoms with van der Waals surface area (Å²) in [6.45, 7) is 13.3. The summed E-state index contributed by atoms with van der Waals surface area (Å²) in [4.78, 5) is 6.14. The number of aromatic nitrogens is 1. The molecule has 2 unspecified atom stereocenters. The number of rotatable bonds is 5. The maximum atomic E-state index is 4.77. The molecule has 4 heteroatoms. The number of thiazole rings is 1. The van der Waals surface area contributed by atoms with Gasteiger partial charge in [0.2, 0.25) is 0 Å². The van der Waals surface area contributed by atoms with Crippen LogP contribution in [0.4, 0.5) is 0 Å². The van der Waals surface area contributed by atoms with E-state index in [0.717, 1.165) is 6.42 Å². The molecule has 0 fully saturated rings. The molecule has 0 bridgehead atoms. The molecule has 0 spiro atoms. The molecule has 0 aliphatic heterocycles. The topological polar surface area (TPSA) is 24.9 Å². The smallest absolute Gasteiger partial charge is 0.0985 e. The van der Waals surface area contributed by atoms with Gasteiger partial charge >= 0.3 is 0 Å². The van der Waals surface area contributed by atoms with E-state index in [1.807, 2.05) is 11.3 Å². The molecule has 2 aromatic heterocycles. The predicted octanol–water partition coefficient (Wildman–Crippen LogP) is 5.09. The fourth-order valence-corrected chi connectivity index (χ4v) is 4.27. The first-order valence-corrected chi connectivity index (χ1v) is 9.28. The van der Waals surface area contributed by atoms with Crippen LogP contribution >= 0.6 is 22.7 Å². The van der Waals surface area contributed by atoms with Crippen molar-refractivity contribution >= 4 is 22.7 Å². The van der Waals surface area contributed by atoms with Crippen molar-refractivity contribution in [2.75, 3.05) is 0 Å². The van der Waals surface area contributed by atoms with Gasteiger partial charge < -0.3 is 5.32 Å². The number of hydrogen-bond donors (Lipinski definition) is 1. The van der Waals surface area contributed by atoms with Crippen LogP contribution in [0.25, 0.3) is 0 Å². The molecule has 1 N–H and O–H groups in total. The summed E-state index contributed by atoms with van der Waals surface area (Å²) in [6, 6.07) is 3.03. The van der Waals surface area contributed by atoms with Crippen molar-refractivity contribution in [2.24, 2.45) is 0 Å². The first-order valence-electron chi connectivity index (χ1n) is 7.52. The fraction of sp³-hybridized carbons (Fsp3) is 0.588. The van der Waals surface area contributed by atoms with Crippen LogP contribution in [0, 0.1) is 6.92 Å². The van der Waals surface area contributed by atoms with Gasteiger partial charge in [0.1, 0.15) is 0 Å². The molecular formula is C17H26N2S2. The van der Waals surface area contributed by atoms with Gasteiger partial charge in [-0.05, 0) is 49.6 Å². The lowest BCUT2D eigenvalue weighted by molar-refractivity contribution is 0.480.